The maximum absolute atomic E-state index is 14.1. The fourth-order valence-electron chi connectivity index (χ4n) is 4.30. The van der Waals surface area contributed by atoms with Crippen LogP contribution in [0.1, 0.15) is 36.7 Å². The van der Waals surface area contributed by atoms with Crippen LogP contribution < -0.4 is 9.62 Å². The van der Waals surface area contributed by atoms with Gasteiger partial charge in [0.1, 0.15) is 11.7 Å². The molecule has 0 aliphatic carbocycles. The second kappa shape index (κ2) is 12.4. The number of benzene rings is 3. The third-order valence-corrected chi connectivity index (χ3v) is 8.60. The van der Waals surface area contributed by atoms with Crippen LogP contribution in [0.5, 0.6) is 0 Å². The average molecular weight is 621 g/mol. The summed E-state index contributed by atoms with van der Waals surface area (Å²) in [5, 5.41) is 14.4. The lowest BCUT2D eigenvalue weighted by atomic mass is 10.0. The molecule has 0 aliphatic rings. The molecule has 0 bridgehead atoms. The fraction of sp³-hybridized carbons (Fsp3) is 0.179. The van der Waals surface area contributed by atoms with Gasteiger partial charge in [0.2, 0.25) is 0 Å². The molecule has 208 valence electrons. The molecule has 0 saturated carbocycles. The zero-order valence-corrected chi connectivity index (χ0v) is 24.2. The number of sulfonamides is 1. The molecule has 0 aliphatic heterocycles. The molecule has 1 unspecified atom stereocenters. The Hall–Kier alpha value is -3.37. The minimum Gasteiger partial charge on any atom is -0.480 e. The van der Waals surface area contributed by atoms with Crippen LogP contribution >= 0.6 is 34.8 Å². The SMILES string of the molecule is CCCCC(C(=O)O)N(c1cccc2c(NC(=O)c3cc(Cl)ccn3)cccc12)S(=O)(=O)c1cc(Cl)cc(Cl)c1. The average Bonchev–Trinajstić information content (AvgIpc) is 2.90. The van der Waals surface area contributed by atoms with Gasteiger partial charge >= 0.3 is 5.97 Å². The molecule has 0 radical (unpaired) electrons. The van der Waals surface area contributed by atoms with Crippen LogP contribution in [0.2, 0.25) is 15.1 Å². The largest absolute Gasteiger partial charge is 0.480 e. The molecule has 40 heavy (non-hydrogen) atoms. The van der Waals surface area contributed by atoms with Gasteiger partial charge in [-0.25, -0.2) is 13.2 Å². The van der Waals surface area contributed by atoms with Gasteiger partial charge in [-0.1, -0.05) is 78.8 Å². The van der Waals surface area contributed by atoms with Crippen LogP contribution in [0.25, 0.3) is 10.8 Å². The number of carboxylic acid groups (broad SMARTS) is 1. The first-order valence-electron chi connectivity index (χ1n) is 12.2. The summed E-state index contributed by atoms with van der Waals surface area (Å²) in [6, 6.07) is 15.1. The topological polar surface area (TPSA) is 117 Å². The lowest BCUT2D eigenvalue weighted by Gasteiger charge is -2.31. The number of carbonyl (C=O) groups is 2. The minimum atomic E-state index is -4.48. The number of aromatic nitrogens is 1. The molecule has 1 heterocycles. The summed E-state index contributed by atoms with van der Waals surface area (Å²) >= 11 is 18.2. The molecule has 0 fully saturated rings. The highest BCUT2D eigenvalue weighted by molar-refractivity contribution is 7.93. The summed E-state index contributed by atoms with van der Waals surface area (Å²) in [6.45, 7) is 1.89. The van der Waals surface area contributed by atoms with Gasteiger partial charge in [-0.05, 0) is 48.9 Å². The van der Waals surface area contributed by atoms with Gasteiger partial charge in [-0.15, -0.1) is 0 Å². The Kier molecular flexibility index (Phi) is 9.20. The summed E-state index contributed by atoms with van der Waals surface area (Å²) in [5.41, 5.74) is 0.581. The zero-order valence-electron chi connectivity index (χ0n) is 21.1. The molecule has 4 aromatic rings. The summed E-state index contributed by atoms with van der Waals surface area (Å²) in [5.74, 6) is -1.83. The van der Waals surface area contributed by atoms with E-state index in [1.165, 1.54) is 36.5 Å². The van der Waals surface area contributed by atoms with Crippen molar-refractivity contribution in [2.75, 3.05) is 9.62 Å². The Morgan fingerprint density at radius 2 is 1.62 bits per heavy atom. The van der Waals surface area contributed by atoms with Crippen LogP contribution in [0.4, 0.5) is 11.4 Å². The number of nitrogens with one attached hydrogen (secondary N) is 1. The number of unbranched alkanes of at least 4 members (excludes halogenated alkanes) is 1. The maximum atomic E-state index is 14.1. The summed E-state index contributed by atoms with van der Waals surface area (Å²) in [4.78, 5) is 29.2. The number of anilines is 2. The molecule has 4 rings (SSSR count). The van der Waals surface area contributed by atoms with E-state index in [9.17, 15) is 23.1 Å². The lowest BCUT2D eigenvalue weighted by Crippen LogP contribution is -2.45. The Balaban J connectivity index is 1.90. The van der Waals surface area contributed by atoms with Gasteiger partial charge in [0, 0.05) is 37.7 Å². The number of pyridine rings is 1. The lowest BCUT2D eigenvalue weighted by molar-refractivity contribution is -0.138. The van der Waals surface area contributed by atoms with Gasteiger partial charge in [0.05, 0.1) is 10.6 Å². The number of carbonyl (C=O) groups excluding carboxylic acids is 1. The number of halogens is 3. The van der Waals surface area contributed by atoms with E-state index in [1.807, 2.05) is 6.92 Å². The normalized spacial score (nSPS) is 12.2. The quantitative estimate of drug-likeness (QED) is 0.192. The molecule has 0 spiro atoms. The summed E-state index contributed by atoms with van der Waals surface area (Å²) < 4.78 is 29.2. The number of amides is 1. The first-order valence-corrected chi connectivity index (χ1v) is 14.8. The van der Waals surface area contributed by atoms with Crippen LogP contribution in [-0.2, 0) is 14.8 Å². The smallest absolute Gasteiger partial charge is 0.327 e. The van der Waals surface area contributed by atoms with Gasteiger partial charge in [0.15, 0.2) is 0 Å². The van der Waals surface area contributed by atoms with E-state index in [1.54, 1.807) is 36.4 Å². The second-order valence-corrected chi connectivity index (χ2v) is 12.0. The Morgan fingerprint density at radius 1 is 0.950 bits per heavy atom. The summed E-state index contributed by atoms with van der Waals surface area (Å²) in [7, 11) is -4.48. The van der Waals surface area contributed by atoms with Crippen molar-refractivity contribution in [3.63, 3.8) is 0 Å². The van der Waals surface area contributed by atoms with Crippen molar-refractivity contribution >= 4 is 78.8 Å². The zero-order chi connectivity index (χ0) is 29.0. The molecule has 0 saturated heterocycles. The second-order valence-electron chi connectivity index (χ2n) is 8.89. The highest BCUT2D eigenvalue weighted by atomic mass is 35.5. The van der Waals surface area contributed by atoms with Crippen LogP contribution in [-0.4, -0.2) is 36.4 Å². The molecular formula is C28H24Cl3N3O5S. The van der Waals surface area contributed by atoms with Crippen molar-refractivity contribution in [2.45, 2.75) is 37.1 Å². The molecular weight excluding hydrogens is 597 g/mol. The molecule has 3 aromatic carbocycles. The Bertz CT molecular complexity index is 1680. The molecule has 1 atom stereocenters. The van der Waals surface area contributed by atoms with Crippen molar-refractivity contribution < 1.29 is 23.1 Å². The van der Waals surface area contributed by atoms with Crippen molar-refractivity contribution in [3.8, 4) is 0 Å². The molecule has 12 heteroatoms. The van der Waals surface area contributed by atoms with Gasteiger partial charge < -0.3 is 10.4 Å². The van der Waals surface area contributed by atoms with Gasteiger partial charge in [-0.2, -0.15) is 0 Å². The van der Waals surface area contributed by atoms with Crippen molar-refractivity contribution in [3.05, 3.63) is 93.7 Å². The number of carboxylic acids is 1. The van der Waals surface area contributed by atoms with E-state index < -0.39 is 27.9 Å². The van der Waals surface area contributed by atoms with Crippen LogP contribution in [0.3, 0.4) is 0 Å². The maximum Gasteiger partial charge on any atom is 0.327 e. The van der Waals surface area contributed by atoms with E-state index in [0.29, 0.717) is 34.3 Å². The number of rotatable bonds is 10. The van der Waals surface area contributed by atoms with Crippen molar-refractivity contribution in [2.24, 2.45) is 0 Å². The number of aliphatic carboxylic acids is 1. The fourth-order valence-corrected chi connectivity index (χ4v) is 6.85. The van der Waals surface area contributed by atoms with Crippen LogP contribution in [0, 0.1) is 0 Å². The first-order chi connectivity index (χ1) is 19.0. The number of fused-ring (bicyclic) bond motifs is 1. The number of hydrogen-bond donors (Lipinski definition) is 2. The van der Waals surface area contributed by atoms with E-state index in [0.717, 1.165) is 4.31 Å². The monoisotopic (exact) mass is 619 g/mol. The third-order valence-electron chi connectivity index (χ3n) is 6.13. The van der Waals surface area contributed by atoms with E-state index in [2.05, 4.69) is 10.3 Å². The Labute approximate surface area is 246 Å². The molecule has 1 amide bonds. The predicted molar refractivity (Wildman–Crippen MR) is 158 cm³/mol. The van der Waals surface area contributed by atoms with E-state index >= 15 is 0 Å². The van der Waals surface area contributed by atoms with Crippen LogP contribution in [0.15, 0.2) is 77.8 Å². The molecule has 8 nitrogen and oxygen atoms in total. The summed E-state index contributed by atoms with van der Waals surface area (Å²) in [6.07, 6.45) is 2.60. The number of nitrogens with zero attached hydrogens (tertiary/aromatic N) is 2. The minimum absolute atomic E-state index is 0.0621. The Morgan fingerprint density at radius 3 is 2.27 bits per heavy atom. The van der Waals surface area contributed by atoms with Crippen molar-refractivity contribution in [1.82, 2.24) is 4.98 Å². The highest BCUT2D eigenvalue weighted by Crippen LogP contribution is 2.37. The van der Waals surface area contributed by atoms with Gasteiger partial charge in [0.25, 0.3) is 15.9 Å². The number of hydrogen-bond acceptors (Lipinski definition) is 5. The van der Waals surface area contributed by atoms with E-state index in [4.69, 9.17) is 34.8 Å². The third kappa shape index (κ3) is 6.33. The van der Waals surface area contributed by atoms with E-state index in [-0.39, 0.29) is 32.7 Å². The molecule has 1 aromatic heterocycles. The predicted octanol–water partition coefficient (Wildman–Crippen LogP) is 7.29. The standard InChI is InChI=1S/C28H24Cl3N3O5S/c1-2-3-9-26(28(36)37)34(40(38,39)20-14-18(30)13-19(31)15-20)25-10-5-6-21-22(25)7-4-8-23(21)33-27(35)24-16-17(29)11-12-32-24/h4-8,10-16,26H,2-3,9H2,1H3,(H,33,35)(H,36,37). The first kappa shape index (κ1) is 29.6. The molecule has 2 N–H and O–H groups in total. The van der Waals surface area contributed by atoms with Crippen molar-refractivity contribution in [1.29, 1.82) is 0 Å². The highest BCUT2D eigenvalue weighted by Gasteiger charge is 2.37. The van der Waals surface area contributed by atoms with Gasteiger partial charge in [-0.3, -0.25) is 14.1 Å².